The van der Waals surface area contributed by atoms with Gasteiger partial charge in [0.2, 0.25) is 0 Å². The molecule has 19 heavy (non-hydrogen) atoms. The van der Waals surface area contributed by atoms with E-state index in [1.54, 1.807) is 17.5 Å². The van der Waals surface area contributed by atoms with Crippen molar-refractivity contribution in [3.8, 4) is 10.6 Å². The highest BCUT2D eigenvalue weighted by Crippen LogP contribution is 2.22. The van der Waals surface area contributed by atoms with E-state index in [0.29, 0.717) is 18.0 Å². The Kier molecular flexibility index (Phi) is 4.68. The van der Waals surface area contributed by atoms with Crippen LogP contribution >= 0.6 is 11.3 Å². The van der Waals surface area contributed by atoms with Gasteiger partial charge in [0.05, 0.1) is 16.1 Å². The summed E-state index contributed by atoms with van der Waals surface area (Å²) in [6.07, 6.45) is 2.63. The average Bonchev–Trinajstić information content (AvgIpc) is 2.92. The molecule has 0 fully saturated rings. The van der Waals surface area contributed by atoms with Gasteiger partial charge in [0.1, 0.15) is 0 Å². The summed E-state index contributed by atoms with van der Waals surface area (Å²) in [7, 11) is 0. The van der Waals surface area contributed by atoms with E-state index in [0.717, 1.165) is 17.0 Å². The Morgan fingerprint density at radius 3 is 2.79 bits per heavy atom. The van der Waals surface area contributed by atoms with Gasteiger partial charge in [-0.15, -0.1) is 11.3 Å². The smallest absolute Gasteiger partial charge is 0.252 e. The lowest BCUT2D eigenvalue weighted by atomic mass is 10.1. The predicted molar refractivity (Wildman–Crippen MR) is 79.3 cm³/mol. The van der Waals surface area contributed by atoms with Gasteiger partial charge in [-0.25, -0.2) is 0 Å². The molecule has 2 aromatic rings. The van der Waals surface area contributed by atoms with Crippen LogP contribution < -0.4 is 5.32 Å². The molecular weight excluding hydrogens is 256 g/mol. The van der Waals surface area contributed by atoms with Gasteiger partial charge in [0, 0.05) is 12.7 Å². The molecule has 0 atom stereocenters. The normalized spacial score (nSPS) is 10.7. The summed E-state index contributed by atoms with van der Waals surface area (Å²) in [4.78, 5) is 17.3. The fourth-order valence-corrected chi connectivity index (χ4v) is 2.38. The average molecular weight is 274 g/mol. The number of pyridine rings is 1. The maximum absolute atomic E-state index is 11.9. The Morgan fingerprint density at radius 2 is 2.21 bits per heavy atom. The van der Waals surface area contributed by atoms with Crippen molar-refractivity contribution in [2.24, 2.45) is 5.92 Å². The van der Waals surface area contributed by atoms with E-state index in [4.69, 9.17) is 0 Å². The highest BCUT2D eigenvalue weighted by atomic mass is 32.1. The van der Waals surface area contributed by atoms with Crippen LogP contribution in [0.15, 0.2) is 35.8 Å². The molecule has 0 unspecified atom stereocenters. The highest BCUT2D eigenvalue weighted by Gasteiger charge is 2.07. The van der Waals surface area contributed by atoms with Gasteiger partial charge in [-0.3, -0.25) is 9.78 Å². The van der Waals surface area contributed by atoms with Crippen molar-refractivity contribution < 1.29 is 4.79 Å². The largest absolute Gasteiger partial charge is 0.352 e. The predicted octanol–water partition coefficient (Wildman–Crippen LogP) is 3.59. The van der Waals surface area contributed by atoms with Crippen LogP contribution in [0.2, 0.25) is 0 Å². The number of aromatic nitrogens is 1. The third-order valence-corrected chi connectivity index (χ3v) is 3.70. The van der Waals surface area contributed by atoms with Gasteiger partial charge in [-0.2, -0.15) is 0 Å². The second kappa shape index (κ2) is 6.48. The van der Waals surface area contributed by atoms with E-state index in [2.05, 4.69) is 24.1 Å². The first-order valence-electron chi connectivity index (χ1n) is 6.45. The van der Waals surface area contributed by atoms with Crippen LogP contribution in [0.3, 0.4) is 0 Å². The van der Waals surface area contributed by atoms with Crippen LogP contribution in [0, 0.1) is 5.92 Å². The van der Waals surface area contributed by atoms with Crippen molar-refractivity contribution in [2.45, 2.75) is 20.3 Å². The Morgan fingerprint density at radius 1 is 1.37 bits per heavy atom. The molecule has 1 N–H and O–H groups in total. The molecular formula is C15H18N2OS. The third kappa shape index (κ3) is 3.89. The van der Waals surface area contributed by atoms with Crippen LogP contribution in [-0.4, -0.2) is 17.4 Å². The number of nitrogens with one attached hydrogen (secondary N) is 1. The maximum Gasteiger partial charge on any atom is 0.252 e. The molecule has 0 radical (unpaired) electrons. The summed E-state index contributed by atoms with van der Waals surface area (Å²) < 4.78 is 0. The lowest BCUT2D eigenvalue weighted by Gasteiger charge is -2.07. The van der Waals surface area contributed by atoms with Crippen molar-refractivity contribution in [1.29, 1.82) is 0 Å². The molecule has 100 valence electrons. The van der Waals surface area contributed by atoms with Crippen molar-refractivity contribution >= 4 is 17.2 Å². The zero-order chi connectivity index (χ0) is 13.7. The second-order valence-electron chi connectivity index (χ2n) is 4.85. The molecule has 0 aliphatic carbocycles. The lowest BCUT2D eigenvalue weighted by molar-refractivity contribution is 0.0951. The first-order chi connectivity index (χ1) is 9.16. The van der Waals surface area contributed by atoms with Crippen LogP contribution in [0.5, 0.6) is 0 Å². The lowest BCUT2D eigenvalue weighted by Crippen LogP contribution is -2.25. The summed E-state index contributed by atoms with van der Waals surface area (Å²) >= 11 is 1.64. The summed E-state index contributed by atoms with van der Waals surface area (Å²) in [5, 5.41) is 4.93. The van der Waals surface area contributed by atoms with Gasteiger partial charge in [0.25, 0.3) is 5.91 Å². The van der Waals surface area contributed by atoms with Crippen molar-refractivity contribution in [1.82, 2.24) is 10.3 Å². The zero-order valence-electron chi connectivity index (χ0n) is 11.2. The number of rotatable bonds is 5. The summed E-state index contributed by atoms with van der Waals surface area (Å²) in [5.41, 5.74) is 1.53. The van der Waals surface area contributed by atoms with Crippen LogP contribution in [0.4, 0.5) is 0 Å². The van der Waals surface area contributed by atoms with Crippen molar-refractivity contribution in [3.05, 3.63) is 41.4 Å². The third-order valence-electron chi connectivity index (χ3n) is 2.81. The molecule has 0 spiro atoms. The summed E-state index contributed by atoms with van der Waals surface area (Å²) in [5.74, 6) is 0.547. The number of nitrogens with zero attached hydrogens (tertiary/aromatic N) is 1. The molecule has 0 aliphatic heterocycles. The molecule has 2 rings (SSSR count). The van der Waals surface area contributed by atoms with Crippen LogP contribution in [-0.2, 0) is 0 Å². The second-order valence-corrected chi connectivity index (χ2v) is 5.80. The highest BCUT2D eigenvalue weighted by molar-refractivity contribution is 7.13. The monoisotopic (exact) mass is 274 g/mol. The minimum absolute atomic E-state index is 0.0501. The van der Waals surface area contributed by atoms with Gasteiger partial charge in [-0.1, -0.05) is 19.9 Å². The van der Waals surface area contributed by atoms with Crippen LogP contribution in [0.1, 0.15) is 30.6 Å². The Labute approximate surface area is 117 Å². The molecule has 0 aliphatic rings. The van der Waals surface area contributed by atoms with Crippen molar-refractivity contribution in [3.63, 3.8) is 0 Å². The quantitative estimate of drug-likeness (QED) is 0.905. The topological polar surface area (TPSA) is 42.0 Å². The first kappa shape index (κ1) is 13.7. The van der Waals surface area contributed by atoms with Crippen molar-refractivity contribution in [2.75, 3.05) is 6.54 Å². The van der Waals surface area contributed by atoms with E-state index >= 15 is 0 Å². The maximum atomic E-state index is 11.9. The molecule has 2 aromatic heterocycles. The number of hydrogen-bond acceptors (Lipinski definition) is 3. The number of carbonyl (C=O) groups excluding carboxylic acids is 1. The fraction of sp³-hybridized carbons (Fsp3) is 0.333. The van der Waals surface area contributed by atoms with E-state index in [9.17, 15) is 4.79 Å². The minimum atomic E-state index is -0.0501. The Hall–Kier alpha value is -1.68. The Balaban J connectivity index is 1.96. The fourth-order valence-electron chi connectivity index (χ4n) is 1.67. The van der Waals surface area contributed by atoms with Gasteiger partial charge >= 0.3 is 0 Å². The Bertz CT molecular complexity index is 518. The van der Waals surface area contributed by atoms with E-state index in [-0.39, 0.29) is 5.91 Å². The standard InChI is InChI=1S/C15H18N2OS/c1-11(2)7-8-16-15(18)12-5-6-13(17-10-12)14-4-3-9-19-14/h3-6,9-11H,7-8H2,1-2H3,(H,16,18). The summed E-state index contributed by atoms with van der Waals surface area (Å²) in [6, 6.07) is 7.74. The number of hydrogen-bond donors (Lipinski definition) is 1. The number of carbonyl (C=O) groups is 1. The molecule has 0 bridgehead atoms. The summed E-state index contributed by atoms with van der Waals surface area (Å²) in [6.45, 7) is 5.00. The molecule has 0 saturated carbocycles. The molecule has 2 heterocycles. The first-order valence-corrected chi connectivity index (χ1v) is 7.33. The molecule has 1 amide bonds. The van der Waals surface area contributed by atoms with Gasteiger partial charge in [-0.05, 0) is 35.9 Å². The van der Waals surface area contributed by atoms with Gasteiger partial charge in [0.15, 0.2) is 0 Å². The van der Waals surface area contributed by atoms with E-state index in [1.165, 1.54) is 0 Å². The SMILES string of the molecule is CC(C)CCNC(=O)c1ccc(-c2cccs2)nc1. The number of thiophene rings is 1. The molecule has 0 aromatic carbocycles. The van der Waals surface area contributed by atoms with E-state index in [1.807, 2.05) is 29.6 Å². The minimum Gasteiger partial charge on any atom is -0.352 e. The molecule has 3 nitrogen and oxygen atoms in total. The van der Waals surface area contributed by atoms with Gasteiger partial charge < -0.3 is 5.32 Å². The molecule has 0 saturated heterocycles. The van der Waals surface area contributed by atoms with E-state index < -0.39 is 0 Å². The number of amides is 1. The van der Waals surface area contributed by atoms with Crippen LogP contribution in [0.25, 0.3) is 10.6 Å². The zero-order valence-corrected chi connectivity index (χ0v) is 12.0. The molecule has 4 heteroatoms.